The molecule has 0 spiro atoms. The molecule has 0 atom stereocenters. The molecular formula is C10H11KO2Se. The summed E-state index contributed by atoms with van der Waals surface area (Å²) in [5, 5.41) is 11.9. The van der Waals surface area contributed by atoms with Crippen LogP contribution >= 0.6 is 0 Å². The minimum absolute atomic E-state index is 0. The Bertz CT molecular complexity index is 264. The molecule has 0 aliphatic carbocycles. The van der Waals surface area contributed by atoms with Crippen LogP contribution in [0.1, 0.15) is 12.0 Å². The van der Waals surface area contributed by atoms with Gasteiger partial charge in [-0.3, -0.25) is 0 Å². The average molecular weight is 281 g/mol. The fourth-order valence-corrected chi connectivity index (χ4v) is 2.77. The van der Waals surface area contributed by atoms with E-state index in [0.29, 0.717) is 15.0 Å². The van der Waals surface area contributed by atoms with Crippen molar-refractivity contribution in [2.45, 2.75) is 17.1 Å². The molecule has 2 nitrogen and oxygen atoms in total. The van der Waals surface area contributed by atoms with Gasteiger partial charge in [-0.2, -0.15) is 0 Å². The largest absolute Gasteiger partial charge is 1.00 e. The number of carbonyl (C=O) groups is 1. The van der Waals surface area contributed by atoms with Crippen molar-refractivity contribution in [3.63, 3.8) is 0 Å². The van der Waals surface area contributed by atoms with Gasteiger partial charge in [0, 0.05) is 0 Å². The molecule has 0 aliphatic rings. The van der Waals surface area contributed by atoms with Crippen molar-refractivity contribution in [2.24, 2.45) is 0 Å². The van der Waals surface area contributed by atoms with E-state index in [-0.39, 0.29) is 57.8 Å². The minimum atomic E-state index is -0.935. The quantitative estimate of drug-likeness (QED) is 0.440. The summed E-state index contributed by atoms with van der Waals surface area (Å²) < 4.78 is 0. The van der Waals surface area contributed by atoms with E-state index in [4.69, 9.17) is 0 Å². The van der Waals surface area contributed by atoms with Gasteiger partial charge < -0.3 is 0 Å². The Kier molecular flexibility index (Phi) is 9.65. The van der Waals surface area contributed by atoms with Crippen LogP contribution in [0, 0.1) is 0 Å². The summed E-state index contributed by atoms with van der Waals surface area (Å²) in [6.07, 6.45) is 0.201. The van der Waals surface area contributed by atoms with Gasteiger partial charge in [-0.25, -0.2) is 0 Å². The van der Waals surface area contributed by atoms with E-state index < -0.39 is 5.97 Å². The molecule has 1 aromatic rings. The molecule has 0 saturated heterocycles. The Balaban J connectivity index is 0.00000169. The molecule has 1 aromatic carbocycles. The van der Waals surface area contributed by atoms with Crippen LogP contribution in [0.15, 0.2) is 30.3 Å². The van der Waals surface area contributed by atoms with Gasteiger partial charge in [0.05, 0.1) is 0 Å². The second-order valence-corrected chi connectivity index (χ2v) is 4.98. The zero-order valence-corrected chi connectivity index (χ0v) is 13.1. The van der Waals surface area contributed by atoms with Gasteiger partial charge in [-0.05, 0) is 0 Å². The molecule has 0 fully saturated rings. The molecule has 0 amide bonds. The van der Waals surface area contributed by atoms with Gasteiger partial charge in [-0.1, -0.05) is 0 Å². The van der Waals surface area contributed by atoms with Gasteiger partial charge in [-0.15, -0.1) is 0 Å². The molecule has 70 valence electrons. The van der Waals surface area contributed by atoms with E-state index >= 15 is 0 Å². The molecule has 14 heavy (non-hydrogen) atoms. The summed E-state index contributed by atoms with van der Waals surface area (Å²) in [6, 6.07) is 10.1. The third kappa shape index (κ3) is 7.18. The van der Waals surface area contributed by atoms with Crippen molar-refractivity contribution < 1.29 is 61.3 Å². The number of rotatable bonds is 5. The van der Waals surface area contributed by atoms with Crippen LogP contribution < -0.4 is 56.5 Å². The monoisotopic (exact) mass is 282 g/mol. The van der Waals surface area contributed by atoms with Crippen LogP contribution in [0.2, 0.25) is 5.32 Å². The van der Waals surface area contributed by atoms with Crippen molar-refractivity contribution in [2.75, 3.05) is 0 Å². The molecule has 0 aliphatic heterocycles. The summed E-state index contributed by atoms with van der Waals surface area (Å²) in [6.45, 7) is 0. The fourth-order valence-electron chi connectivity index (χ4n) is 0.920. The summed E-state index contributed by atoms with van der Waals surface area (Å²) >= 11 is 0.390. The first-order valence-corrected chi connectivity index (χ1v) is 6.53. The molecule has 0 unspecified atom stereocenters. The minimum Gasteiger partial charge on any atom is 1.00 e. The van der Waals surface area contributed by atoms with Crippen molar-refractivity contribution in [1.82, 2.24) is 0 Å². The molecule has 0 bridgehead atoms. The molecule has 0 aromatic heterocycles. The normalized spacial score (nSPS) is 9.14. The summed E-state index contributed by atoms with van der Waals surface area (Å²) in [4.78, 5) is 10.1. The third-order valence-electron chi connectivity index (χ3n) is 1.56. The van der Waals surface area contributed by atoms with Crippen LogP contribution in [-0.2, 0) is 10.1 Å². The molecule has 1 rings (SSSR count). The number of hydrogen-bond acceptors (Lipinski definition) is 2. The maximum Gasteiger partial charge on any atom is 1.00 e. The van der Waals surface area contributed by atoms with Crippen LogP contribution in [0.5, 0.6) is 0 Å². The zero-order valence-electron chi connectivity index (χ0n) is 8.23. The number of benzene rings is 1. The van der Waals surface area contributed by atoms with Crippen molar-refractivity contribution >= 4 is 20.9 Å². The second kappa shape index (κ2) is 9.10. The number of carboxylic acid groups (broad SMARTS) is 1. The molecular weight excluding hydrogens is 270 g/mol. The van der Waals surface area contributed by atoms with Crippen molar-refractivity contribution in [3.8, 4) is 0 Å². The van der Waals surface area contributed by atoms with Crippen LogP contribution in [-0.4, -0.2) is 20.9 Å². The van der Waals surface area contributed by atoms with Gasteiger partial charge >= 0.3 is 135 Å². The Labute approximate surface area is 133 Å². The zero-order chi connectivity index (χ0) is 9.52. The second-order valence-electron chi connectivity index (χ2n) is 2.66. The fraction of sp³-hybridized carbons (Fsp3) is 0.300. The number of aliphatic carboxylic acids is 1. The predicted octanol–water partition coefficient (Wildman–Crippen LogP) is -2.55. The standard InChI is InChI=1S/C10H12O2Se.K/c11-10(12)6-7-13-8-9-4-2-1-3-5-9;/h1-5H,6-8H2,(H,11,12);/q;+1/p-1. The van der Waals surface area contributed by atoms with Crippen molar-refractivity contribution in [3.05, 3.63) is 35.9 Å². The van der Waals surface area contributed by atoms with E-state index in [2.05, 4.69) is 12.1 Å². The molecule has 0 N–H and O–H groups in total. The topological polar surface area (TPSA) is 40.1 Å². The van der Waals surface area contributed by atoms with E-state index in [9.17, 15) is 9.90 Å². The van der Waals surface area contributed by atoms with E-state index in [0.717, 1.165) is 10.6 Å². The first kappa shape index (κ1) is 14.8. The average Bonchev–Trinajstić information content (AvgIpc) is 2.14. The number of carboxylic acids is 1. The Hall–Kier alpha value is 0.846. The summed E-state index contributed by atoms with van der Waals surface area (Å²) in [7, 11) is 0. The Morgan fingerprint density at radius 3 is 2.50 bits per heavy atom. The van der Waals surface area contributed by atoms with E-state index in [1.807, 2.05) is 18.2 Å². The van der Waals surface area contributed by atoms with Crippen LogP contribution in [0.25, 0.3) is 0 Å². The summed E-state index contributed by atoms with van der Waals surface area (Å²) in [5.74, 6) is -0.935. The maximum absolute atomic E-state index is 10.1. The van der Waals surface area contributed by atoms with Gasteiger partial charge in [0.15, 0.2) is 0 Å². The molecule has 0 heterocycles. The van der Waals surface area contributed by atoms with Gasteiger partial charge in [0.25, 0.3) is 0 Å². The molecule has 4 heteroatoms. The van der Waals surface area contributed by atoms with Gasteiger partial charge in [0.2, 0.25) is 0 Å². The Morgan fingerprint density at radius 2 is 1.93 bits per heavy atom. The van der Waals surface area contributed by atoms with Gasteiger partial charge in [0.1, 0.15) is 0 Å². The third-order valence-corrected chi connectivity index (χ3v) is 3.72. The first-order chi connectivity index (χ1) is 6.29. The smallest absolute Gasteiger partial charge is 1.00 e. The SMILES string of the molecule is O=C([O-])CC[Se]Cc1ccccc1.[K+]. The van der Waals surface area contributed by atoms with E-state index in [1.165, 1.54) is 5.56 Å². The molecule has 0 saturated carbocycles. The van der Waals surface area contributed by atoms with Crippen molar-refractivity contribution in [1.29, 1.82) is 0 Å². The first-order valence-electron chi connectivity index (χ1n) is 4.10. The number of carbonyl (C=O) groups excluding carboxylic acids is 1. The summed E-state index contributed by atoms with van der Waals surface area (Å²) in [5.41, 5.74) is 1.29. The van der Waals surface area contributed by atoms with E-state index in [1.54, 1.807) is 0 Å². The Morgan fingerprint density at radius 1 is 1.29 bits per heavy atom. The molecule has 0 radical (unpaired) electrons. The maximum atomic E-state index is 10.1. The predicted molar refractivity (Wildman–Crippen MR) is 50.3 cm³/mol. The van der Waals surface area contributed by atoms with Crippen LogP contribution in [0.3, 0.4) is 0 Å². The number of hydrogen-bond donors (Lipinski definition) is 0. The van der Waals surface area contributed by atoms with Crippen LogP contribution in [0.4, 0.5) is 0 Å².